The standard InChI is InChI=1S/C21H18F3N5O2/c22-21(23,24)11-3-5-29(6-4-11)12-1-2-14-16(7-12)26-20(25-14)19-13-8-17-18(31-10-30-17)9-15(13)27-28-19/h1-2,7-9,11H,3-6,10H2,(H,25,26)(H,27,28). The summed E-state index contributed by atoms with van der Waals surface area (Å²) in [5.41, 5.74) is 3.94. The minimum atomic E-state index is -4.11. The fourth-order valence-electron chi connectivity index (χ4n) is 4.36. The van der Waals surface area contributed by atoms with E-state index in [1.807, 2.05) is 35.2 Å². The Balaban J connectivity index is 1.31. The molecule has 160 valence electrons. The topological polar surface area (TPSA) is 79.1 Å². The molecule has 2 N–H and O–H groups in total. The Hall–Kier alpha value is -3.43. The van der Waals surface area contributed by atoms with Gasteiger partial charge in [0.05, 0.1) is 22.5 Å². The average Bonchev–Trinajstić information content (AvgIpc) is 3.48. The first-order valence-corrected chi connectivity index (χ1v) is 10.1. The quantitative estimate of drug-likeness (QED) is 0.486. The number of H-pyrrole nitrogens is 2. The van der Waals surface area contributed by atoms with Crippen molar-refractivity contribution in [2.75, 3.05) is 24.8 Å². The molecule has 0 radical (unpaired) electrons. The molecular weight excluding hydrogens is 411 g/mol. The zero-order valence-corrected chi connectivity index (χ0v) is 16.3. The second kappa shape index (κ2) is 6.53. The zero-order valence-electron chi connectivity index (χ0n) is 16.3. The minimum Gasteiger partial charge on any atom is -0.454 e. The van der Waals surface area contributed by atoms with Crippen LogP contribution in [-0.2, 0) is 0 Å². The van der Waals surface area contributed by atoms with Crippen molar-refractivity contribution in [1.82, 2.24) is 20.2 Å². The molecule has 4 heterocycles. The van der Waals surface area contributed by atoms with Crippen LogP contribution in [0.4, 0.5) is 18.9 Å². The number of halogens is 3. The van der Waals surface area contributed by atoms with Gasteiger partial charge in [-0.05, 0) is 37.1 Å². The van der Waals surface area contributed by atoms with Gasteiger partial charge in [-0.3, -0.25) is 5.10 Å². The number of anilines is 1. The summed E-state index contributed by atoms with van der Waals surface area (Å²) in [6, 6.07) is 9.44. The number of fused-ring (bicyclic) bond motifs is 3. The third kappa shape index (κ3) is 3.05. The Morgan fingerprint density at radius 2 is 1.77 bits per heavy atom. The Labute approximate surface area is 174 Å². The number of alkyl halides is 3. The van der Waals surface area contributed by atoms with Gasteiger partial charge in [-0.1, -0.05) is 0 Å². The van der Waals surface area contributed by atoms with E-state index in [2.05, 4.69) is 20.2 Å². The van der Waals surface area contributed by atoms with Crippen molar-refractivity contribution in [1.29, 1.82) is 0 Å². The summed E-state index contributed by atoms with van der Waals surface area (Å²) in [6.07, 6.45) is -3.88. The maximum absolute atomic E-state index is 12.9. The molecule has 2 aromatic heterocycles. The van der Waals surface area contributed by atoms with Gasteiger partial charge in [0.25, 0.3) is 0 Å². The summed E-state index contributed by atoms with van der Waals surface area (Å²) in [5.74, 6) is 0.727. The average molecular weight is 429 g/mol. The van der Waals surface area contributed by atoms with E-state index in [9.17, 15) is 13.2 Å². The van der Waals surface area contributed by atoms with Gasteiger partial charge in [0, 0.05) is 30.2 Å². The van der Waals surface area contributed by atoms with Crippen LogP contribution in [0.5, 0.6) is 11.5 Å². The van der Waals surface area contributed by atoms with Gasteiger partial charge < -0.3 is 19.4 Å². The van der Waals surface area contributed by atoms with E-state index in [1.165, 1.54) is 0 Å². The summed E-state index contributed by atoms with van der Waals surface area (Å²) in [6.45, 7) is 0.958. The highest BCUT2D eigenvalue weighted by molar-refractivity contribution is 5.95. The van der Waals surface area contributed by atoms with Gasteiger partial charge in [-0.25, -0.2) is 4.98 Å². The highest BCUT2D eigenvalue weighted by Crippen LogP contribution is 2.39. The number of piperidine rings is 1. The molecule has 0 atom stereocenters. The molecule has 1 saturated heterocycles. The minimum absolute atomic E-state index is 0.116. The summed E-state index contributed by atoms with van der Waals surface area (Å²) in [4.78, 5) is 9.94. The van der Waals surface area contributed by atoms with E-state index < -0.39 is 12.1 Å². The van der Waals surface area contributed by atoms with Gasteiger partial charge in [-0.2, -0.15) is 18.3 Å². The number of rotatable bonds is 2. The molecule has 1 fully saturated rings. The number of nitrogens with one attached hydrogen (secondary N) is 2. The lowest BCUT2D eigenvalue weighted by molar-refractivity contribution is -0.179. The number of hydrogen-bond acceptors (Lipinski definition) is 5. The number of aromatic nitrogens is 4. The Kier molecular flexibility index (Phi) is 3.87. The van der Waals surface area contributed by atoms with Gasteiger partial charge in [-0.15, -0.1) is 0 Å². The predicted molar refractivity (Wildman–Crippen MR) is 108 cm³/mol. The number of imidazole rings is 1. The van der Waals surface area contributed by atoms with Gasteiger partial charge in [0.15, 0.2) is 17.3 Å². The molecule has 31 heavy (non-hydrogen) atoms. The maximum Gasteiger partial charge on any atom is 0.391 e. The van der Waals surface area contributed by atoms with Gasteiger partial charge >= 0.3 is 6.18 Å². The first kappa shape index (κ1) is 18.3. The van der Waals surface area contributed by atoms with E-state index in [-0.39, 0.29) is 19.6 Å². The molecule has 0 bridgehead atoms. The monoisotopic (exact) mass is 429 g/mol. The number of ether oxygens (including phenoxy) is 2. The van der Waals surface area contributed by atoms with Crippen LogP contribution in [-0.4, -0.2) is 46.2 Å². The molecule has 0 saturated carbocycles. The molecule has 2 aliphatic rings. The van der Waals surface area contributed by atoms with Crippen LogP contribution < -0.4 is 14.4 Å². The van der Waals surface area contributed by atoms with E-state index in [4.69, 9.17) is 9.47 Å². The third-order valence-corrected chi connectivity index (χ3v) is 6.07. The van der Waals surface area contributed by atoms with Gasteiger partial charge in [0.1, 0.15) is 5.69 Å². The molecule has 4 aromatic rings. The number of nitrogens with zero attached hydrogens (tertiary/aromatic N) is 3. The van der Waals surface area contributed by atoms with Crippen LogP contribution in [0.3, 0.4) is 0 Å². The molecule has 0 aliphatic carbocycles. The fourth-order valence-corrected chi connectivity index (χ4v) is 4.36. The molecular formula is C21H18F3N5O2. The van der Waals surface area contributed by atoms with Crippen molar-refractivity contribution in [2.24, 2.45) is 5.92 Å². The molecule has 10 heteroatoms. The predicted octanol–water partition coefficient (Wildman–Crippen LogP) is 4.61. The smallest absolute Gasteiger partial charge is 0.391 e. The largest absolute Gasteiger partial charge is 0.454 e. The Morgan fingerprint density at radius 1 is 1.00 bits per heavy atom. The van der Waals surface area contributed by atoms with Crippen molar-refractivity contribution in [3.8, 4) is 23.0 Å². The number of aromatic amines is 2. The number of hydrogen-bond donors (Lipinski definition) is 2. The fraction of sp³-hybridized carbons (Fsp3) is 0.333. The molecule has 0 unspecified atom stereocenters. The van der Waals surface area contributed by atoms with Crippen molar-refractivity contribution < 1.29 is 22.6 Å². The van der Waals surface area contributed by atoms with Crippen molar-refractivity contribution in [2.45, 2.75) is 19.0 Å². The van der Waals surface area contributed by atoms with E-state index in [0.717, 1.165) is 27.6 Å². The number of benzene rings is 2. The van der Waals surface area contributed by atoms with Crippen LogP contribution in [0.25, 0.3) is 33.5 Å². The maximum atomic E-state index is 12.9. The van der Waals surface area contributed by atoms with E-state index in [1.54, 1.807) is 0 Å². The van der Waals surface area contributed by atoms with Gasteiger partial charge in [0.2, 0.25) is 6.79 Å². The normalized spacial score (nSPS) is 17.2. The Bertz CT molecular complexity index is 1290. The lowest BCUT2D eigenvalue weighted by Crippen LogP contribution is -2.38. The summed E-state index contributed by atoms with van der Waals surface area (Å²) < 4.78 is 49.7. The van der Waals surface area contributed by atoms with Crippen LogP contribution in [0, 0.1) is 5.92 Å². The van der Waals surface area contributed by atoms with Crippen LogP contribution in [0.2, 0.25) is 0 Å². The highest BCUT2D eigenvalue weighted by Gasteiger charge is 2.41. The molecule has 2 aromatic carbocycles. The first-order chi connectivity index (χ1) is 15.0. The van der Waals surface area contributed by atoms with E-state index in [0.29, 0.717) is 36.1 Å². The SMILES string of the molecule is FC(F)(F)C1CCN(c2ccc3nc(-c4n[nH]c5cc6c(cc45)OCO6)[nH]c3c2)CC1. The van der Waals surface area contributed by atoms with Crippen molar-refractivity contribution in [3.63, 3.8) is 0 Å². The summed E-state index contributed by atoms with van der Waals surface area (Å²) in [7, 11) is 0. The molecule has 0 spiro atoms. The summed E-state index contributed by atoms with van der Waals surface area (Å²) in [5, 5.41) is 8.25. The second-order valence-corrected chi connectivity index (χ2v) is 7.91. The van der Waals surface area contributed by atoms with Crippen molar-refractivity contribution in [3.05, 3.63) is 30.3 Å². The molecule has 0 amide bonds. The first-order valence-electron chi connectivity index (χ1n) is 10.1. The van der Waals surface area contributed by atoms with Crippen LogP contribution in [0.15, 0.2) is 30.3 Å². The molecule has 7 nitrogen and oxygen atoms in total. The second-order valence-electron chi connectivity index (χ2n) is 7.91. The lowest BCUT2D eigenvalue weighted by atomic mass is 9.96. The third-order valence-electron chi connectivity index (χ3n) is 6.07. The zero-order chi connectivity index (χ0) is 21.2. The van der Waals surface area contributed by atoms with E-state index >= 15 is 0 Å². The van der Waals surface area contributed by atoms with Crippen LogP contribution >= 0.6 is 0 Å². The molecule has 6 rings (SSSR count). The Morgan fingerprint density at radius 3 is 2.55 bits per heavy atom. The molecule has 2 aliphatic heterocycles. The lowest BCUT2D eigenvalue weighted by Gasteiger charge is -2.34. The van der Waals surface area contributed by atoms with Crippen molar-refractivity contribution >= 4 is 27.6 Å². The highest BCUT2D eigenvalue weighted by atomic mass is 19.4. The van der Waals surface area contributed by atoms with Crippen LogP contribution in [0.1, 0.15) is 12.8 Å². The summed E-state index contributed by atoms with van der Waals surface area (Å²) >= 11 is 0.